The Morgan fingerprint density at radius 3 is 2.39 bits per heavy atom. The van der Waals surface area contributed by atoms with E-state index in [1.54, 1.807) is 6.07 Å². The third-order valence-corrected chi connectivity index (χ3v) is 4.23. The lowest BCUT2D eigenvalue weighted by molar-refractivity contribution is 0.578. The highest BCUT2D eigenvalue weighted by Crippen LogP contribution is 2.21. The zero-order valence-electron chi connectivity index (χ0n) is 13.4. The smallest absolute Gasteiger partial charge is 0.163 e. The lowest BCUT2D eigenvalue weighted by Gasteiger charge is -2.29. The molecule has 5 heteroatoms. The van der Waals surface area contributed by atoms with Gasteiger partial charge >= 0.3 is 0 Å². The zero-order chi connectivity index (χ0) is 16.1. The fourth-order valence-electron chi connectivity index (χ4n) is 2.91. The Kier molecular flexibility index (Phi) is 4.72. The molecule has 1 aromatic carbocycles. The second-order valence-electron chi connectivity index (χ2n) is 5.96. The molecule has 1 saturated heterocycles. The number of anilines is 2. The van der Waals surface area contributed by atoms with E-state index in [2.05, 4.69) is 39.4 Å². The van der Waals surface area contributed by atoms with Crippen molar-refractivity contribution in [3.05, 3.63) is 47.7 Å². The van der Waals surface area contributed by atoms with Gasteiger partial charge in [-0.05, 0) is 49.1 Å². The topological polar surface area (TPSA) is 56.0 Å². The molecule has 23 heavy (non-hydrogen) atoms. The molecule has 3 rings (SSSR count). The number of aromatic nitrogens is 2. The van der Waals surface area contributed by atoms with Crippen LogP contribution in [0.5, 0.6) is 0 Å². The molecule has 118 valence electrons. The van der Waals surface area contributed by atoms with Crippen LogP contribution in [0, 0.1) is 11.3 Å². The summed E-state index contributed by atoms with van der Waals surface area (Å²) in [6.45, 7) is 3.10. The van der Waals surface area contributed by atoms with Gasteiger partial charge in [0, 0.05) is 32.4 Å². The van der Waals surface area contributed by atoms with Gasteiger partial charge in [-0.15, -0.1) is 10.2 Å². The Morgan fingerprint density at radius 2 is 1.78 bits per heavy atom. The summed E-state index contributed by atoms with van der Waals surface area (Å²) in [7, 11) is 1.98. The predicted molar refractivity (Wildman–Crippen MR) is 91.4 cm³/mol. The fraction of sp³-hybridized carbons (Fsp3) is 0.389. The van der Waals surface area contributed by atoms with E-state index in [1.165, 1.54) is 43.6 Å². The van der Waals surface area contributed by atoms with E-state index in [4.69, 9.17) is 5.26 Å². The molecular weight excluding hydrogens is 286 g/mol. The van der Waals surface area contributed by atoms with Crippen LogP contribution in [-0.4, -0.2) is 30.3 Å². The number of piperidine rings is 1. The van der Waals surface area contributed by atoms with Crippen molar-refractivity contribution < 1.29 is 0 Å². The summed E-state index contributed by atoms with van der Waals surface area (Å²) in [5, 5.41) is 16.7. The Labute approximate surface area is 137 Å². The van der Waals surface area contributed by atoms with Gasteiger partial charge < -0.3 is 9.80 Å². The van der Waals surface area contributed by atoms with Crippen LogP contribution in [-0.2, 0) is 6.54 Å². The molecule has 0 radical (unpaired) electrons. The van der Waals surface area contributed by atoms with Crippen LogP contribution < -0.4 is 9.80 Å². The number of hydrogen-bond donors (Lipinski definition) is 0. The van der Waals surface area contributed by atoms with Crippen LogP contribution in [0.1, 0.15) is 30.5 Å². The number of benzene rings is 1. The van der Waals surface area contributed by atoms with Crippen LogP contribution >= 0.6 is 0 Å². The Morgan fingerprint density at radius 1 is 1.04 bits per heavy atom. The summed E-state index contributed by atoms with van der Waals surface area (Å²) in [6.07, 6.45) is 3.94. The van der Waals surface area contributed by atoms with E-state index in [9.17, 15) is 0 Å². The highest BCUT2D eigenvalue weighted by atomic mass is 15.2. The quantitative estimate of drug-likeness (QED) is 0.869. The normalized spacial score (nSPS) is 14.3. The van der Waals surface area contributed by atoms with Gasteiger partial charge in [-0.1, -0.05) is 12.1 Å². The lowest BCUT2D eigenvalue weighted by Crippen LogP contribution is -2.29. The van der Waals surface area contributed by atoms with Crippen LogP contribution in [0.4, 0.5) is 11.5 Å². The highest BCUT2D eigenvalue weighted by Gasteiger charge is 2.11. The fourth-order valence-corrected chi connectivity index (χ4v) is 2.91. The van der Waals surface area contributed by atoms with E-state index in [0.29, 0.717) is 5.69 Å². The van der Waals surface area contributed by atoms with Gasteiger partial charge in [-0.25, -0.2) is 0 Å². The molecular formula is C18H21N5. The lowest BCUT2D eigenvalue weighted by atomic mass is 10.1. The van der Waals surface area contributed by atoms with Crippen LogP contribution in [0.25, 0.3) is 0 Å². The standard InChI is InChI=1S/C18H21N5/c1-22(18-10-7-16(13-19)20-21-18)14-15-5-8-17(9-6-15)23-11-3-2-4-12-23/h5-10H,2-4,11-12,14H2,1H3. The molecule has 0 unspecified atom stereocenters. The molecule has 0 N–H and O–H groups in total. The van der Waals surface area contributed by atoms with E-state index in [-0.39, 0.29) is 0 Å². The van der Waals surface area contributed by atoms with Crippen molar-refractivity contribution >= 4 is 11.5 Å². The molecule has 0 amide bonds. The van der Waals surface area contributed by atoms with Gasteiger partial charge in [-0.3, -0.25) is 0 Å². The minimum atomic E-state index is 0.341. The van der Waals surface area contributed by atoms with E-state index < -0.39 is 0 Å². The minimum Gasteiger partial charge on any atom is -0.372 e. The van der Waals surface area contributed by atoms with Crippen molar-refractivity contribution in [3.8, 4) is 6.07 Å². The second kappa shape index (κ2) is 7.10. The molecule has 2 aromatic rings. The van der Waals surface area contributed by atoms with Gasteiger partial charge in [0.25, 0.3) is 0 Å². The summed E-state index contributed by atoms with van der Waals surface area (Å²) in [5.74, 6) is 0.768. The Bertz CT molecular complexity index is 666. The van der Waals surface area contributed by atoms with Crippen molar-refractivity contribution in [2.45, 2.75) is 25.8 Å². The summed E-state index contributed by atoms with van der Waals surface area (Å²) >= 11 is 0. The molecule has 0 atom stereocenters. The van der Waals surface area contributed by atoms with Crippen LogP contribution in [0.3, 0.4) is 0 Å². The predicted octanol–water partition coefficient (Wildman–Crippen LogP) is 2.97. The molecule has 1 aliphatic rings. The second-order valence-corrected chi connectivity index (χ2v) is 5.96. The van der Waals surface area contributed by atoms with Gasteiger partial charge in [0.15, 0.2) is 11.5 Å². The summed E-state index contributed by atoms with van der Waals surface area (Å²) in [6, 6.07) is 14.3. The van der Waals surface area contributed by atoms with Crippen molar-refractivity contribution in [2.24, 2.45) is 0 Å². The molecule has 1 aromatic heterocycles. The maximum atomic E-state index is 8.77. The van der Waals surface area contributed by atoms with Gasteiger partial charge in [-0.2, -0.15) is 5.26 Å². The number of rotatable bonds is 4. The highest BCUT2D eigenvalue weighted by molar-refractivity contribution is 5.48. The molecule has 0 bridgehead atoms. The first kappa shape index (κ1) is 15.3. The van der Waals surface area contributed by atoms with E-state index in [1.807, 2.05) is 24.1 Å². The van der Waals surface area contributed by atoms with Crippen molar-refractivity contribution in [2.75, 3.05) is 29.9 Å². The monoisotopic (exact) mass is 307 g/mol. The van der Waals surface area contributed by atoms with E-state index in [0.717, 1.165) is 12.4 Å². The third kappa shape index (κ3) is 3.78. The van der Waals surface area contributed by atoms with Crippen molar-refractivity contribution in [1.29, 1.82) is 5.26 Å². The molecule has 0 saturated carbocycles. The molecule has 5 nitrogen and oxygen atoms in total. The maximum absolute atomic E-state index is 8.77. The zero-order valence-corrected chi connectivity index (χ0v) is 13.4. The van der Waals surface area contributed by atoms with Gasteiger partial charge in [0.2, 0.25) is 0 Å². The van der Waals surface area contributed by atoms with Gasteiger partial charge in [0.05, 0.1) is 0 Å². The van der Waals surface area contributed by atoms with E-state index >= 15 is 0 Å². The minimum absolute atomic E-state index is 0.341. The maximum Gasteiger partial charge on any atom is 0.163 e. The number of hydrogen-bond acceptors (Lipinski definition) is 5. The Balaban J connectivity index is 1.64. The number of nitriles is 1. The molecule has 1 aliphatic heterocycles. The summed E-state index contributed by atoms with van der Waals surface area (Å²) < 4.78 is 0. The summed E-state index contributed by atoms with van der Waals surface area (Å²) in [5.41, 5.74) is 2.89. The van der Waals surface area contributed by atoms with Gasteiger partial charge in [0.1, 0.15) is 6.07 Å². The SMILES string of the molecule is CN(Cc1ccc(N2CCCCC2)cc1)c1ccc(C#N)nn1. The molecule has 2 heterocycles. The molecule has 0 spiro atoms. The average molecular weight is 307 g/mol. The first-order valence-corrected chi connectivity index (χ1v) is 8.05. The number of nitrogens with zero attached hydrogens (tertiary/aromatic N) is 5. The first-order chi connectivity index (χ1) is 11.3. The first-order valence-electron chi connectivity index (χ1n) is 8.05. The largest absolute Gasteiger partial charge is 0.372 e. The Hall–Kier alpha value is -2.61. The van der Waals surface area contributed by atoms with Crippen LogP contribution in [0.15, 0.2) is 36.4 Å². The molecule has 0 aliphatic carbocycles. The molecule has 1 fully saturated rings. The third-order valence-electron chi connectivity index (χ3n) is 4.23. The van der Waals surface area contributed by atoms with Crippen LogP contribution in [0.2, 0.25) is 0 Å². The summed E-state index contributed by atoms with van der Waals surface area (Å²) in [4.78, 5) is 4.49. The van der Waals surface area contributed by atoms with Crippen molar-refractivity contribution in [3.63, 3.8) is 0 Å². The van der Waals surface area contributed by atoms with Crippen molar-refractivity contribution in [1.82, 2.24) is 10.2 Å². The average Bonchev–Trinajstić information content (AvgIpc) is 2.63.